The minimum atomic E-state index is 0.623. The Bertz CT molecular complexity index is 792. The Morgan fingerprint density at radius 3 is 2.67 bits per heavy atom. The molecule has 0 aliphatic rings. The first-order chi connectivity index (χ1) is 11.7. The molecule has 0 fully saturated rings. The Morgan fingerprint density at radius 2 is 1.88 bits per heavy atom. The van der Waals surface area contributed by atoms with Crippen LogP contribution in [0, 0.1) is 0 Å². The van der Waals surface area contributed by atoms with Gasteiger partial charge in [-0.05, 0) is 42.3 Å². The van der Waals surface area contributed by atoms with Gasteiger partial charge in [0.25, 0.3) is 0 Å². The van der Waals surface area contributed by atoms with Crippen molar-refractivity contribution in [1.82, 2.24) is 9.97 Å². The molecule has 0 aliphatic carbocycles. The van der Waals surface area contributed by atoms with Gasteiger partial charge in [0, 0.05) is 30.5 Å². The zero-order valence-electron chi connectivity index (χ0n) is 13.5. The molecule has 122 valence electrons. The predicted molar refractivity (Wildman–Crippen MR) is 100 cm³/mol. The average Bonchev–Trinajstić information content (AvgIpc) is 2.62. The Morgan fingerprint density at radius 1 is 1.04 bits per heavy atom. The van der Waals surface area contributed by atoms with Crippen molar-refractivity contribution in [3.63, 3.8) is 0 Å². The van der Waals surface area contributed by atoms with Gasteiger partial charge in [-0.1, -0.05) is 41.9 Å². The lowest BCUT2D eigenvalue weighted by Gasteiger charge is -2.18. The third-order valence-electron chi connectivity index (χ3n) is 3.71. The number of rotatable bonds is 6. The zero-order valence-corrected chi connectivity index (χ0v) is 14.2. The zero-order chi connectivity index (χ0) is 16.8. The molecule has 0 saturated carbocycles. The van der Waals surface area contributed by atoms with Gasteiger partial charge >= 0.3 is 0 Å². The highest BCUT2D eigenvalue weighted by Gasteiger charge is 2.06. The molecule has 4 nitrogen and oxygen atoms in total. The first-order valence-corrected chi connectivity index (χ1v) is 8.20. The largest absolute Gasteiger partial charge is 0.354 e. The van der Waals surface area contributed by atoms with Crippen molar-refractivity contribution in [2.75, 3.05) is 23.8 Å². The van der Waals surface area contributed by atoms with E-state index in [0.717, 1.165) is 29.5 Å². The monoisotopic (exact) mass is 338 g/mol. The molecule has 0 amide bonds. The summed E-state index contributed by atoms with van der Waals surface area (Å²) in [5.41, 5.74) is 2.27. The molecular formula is C19H19ClN4. The summed E-state index contributed by atoms with van der Waals surface area (Å²) in [4.78, 5) is 10.9. The molecule has 1 aromatic heterocycles. The second-order valence-corrected chi connectivity index (χ2v) is 5.88. The minimum Gasteiger partial charge on any atom is -0.354 e. The molecule has 0 atom stereocenters. The normalized spacial score (nSPS) is 10.4. The number of nitrogens with one attached hydrogen (secondary N) is 1. The van der Waals surface area contributed by atoms with Crippen molar-refractivity contribution >= 4 is 29.1 Å². The van der Waals surface area contributed by atoms with Crippen LogP contribution < -0.4 is 10.2 Å². The van der Waals surface area contributed by atoms with Crippen LogP contribution in [0.5, 0.6) is 0 Å². The van der Waals surface area contributed by atoms with E-state index in [1.54, 1.807) is 6.20 Å². The lowest BCUT2D eigenvalue weighted by atomic mass is 10.1. The lowest BCUT2D eigenvalue weighted by molar-refractivity contribution is 0.976. The fourth-order valence-corrected chi connectivity index (χ4v) is 2.63. The van der Waals surface area contributed by atoms with Crippen LogP contribution in [0.25, 0.3) is 0 Å². The first kappa shape index (κ1) is 16.3. The number of hydrogen-bond donors (Lipinski definition) is 1. The summed E-state index contributed by atoms with van der Waals surface area (Å²) in [5, 5.41) is 4.03. The molecule has 3 rings (SSSR count). The van der Waals surface area contributed by atoms with Crippen molar-refractivity contribution < 1.29 is 0 Å². The highest BCUT2D eigenvalue weighted by molar-refractivity contribution is 6.30. The highest BCUT2D eigenvalue weighted by Crippen LogP contribution is 2.21. The van der Waals surface area contributed by atoms with Gasteiger partial charge < -0.3 is 10.2 Å². The van der Waals surface area contributed by atoms with Crippen LogP contribution in [-0.4, -0.2) is 23.6 Å². The second kappa shape index (κ2) is 7.79. The summed E-state index contributed by atoms with van der Waals surface area (Å²) >= 11 is 6.00. The maximum atomic E-state index is 6.00. The summed E-state index contributed by atoms with van der Waals surface area (Å²) < 4.78 is 0. The molecule has 0 spiro atoms. The van der Waals surface area contributed by atoms with Crippen molar-refractivity contribution in [3.8, 4) is 0 Å². The molecule has 0 aliphatic heterocycles. The van der Waals surface area contributed by atoms with Gasteiger partial charge in [0.15, 0.2) is 0 Å². The number of anilines is 3. The van der Waals surface area contributed by atoms with E-state index in [4.69, 9.17) is 11.6 Å². The number of benzene rings is 2. The van der Waals surface area contributed by atoms with Crippen molar-refractivity contribution in [3.05, 3.63) is 77.4 Å². The van der Waals surface area contributed by atoms with Crippen LogP contribution >= 0.6 is 11.6 Å². The third-order valence-corrected chi connectivity index (χ3v) is 3.95. The second-order valence-electron chi connectivity index (χ2n) is 5.44. The minimum absolute atomic E-state index is 0.623. The smallest absolute Gasteiger partial charge is 0.224 e. The van der Waals surface area contributed by atoms with Crippen LogP contribution in [0.2, 0.25) is 5.02 Å². The van der Waals surface area contributed by atoms with Crippen LogP contribution in [0.3, 0.4) is 0 Å². The van der Waals surface area contributed by atoms with E-state index >= 15 is 0 Å². The van der Waals surface area contributed by atoms with Crippen LogP contribution in [0.15, 0.2) is 66.9 Å². The molecule has 3 aromatic rings. The molecule has 5 heteroatoms. The summed E-state index contributed by atoms with van der Waals surface area (Å²) in [6.07, 6.45) is 2.63. The van der Waals surface area contributed by atoms with Gasteiger partial charge in [-0.15, -0.1) is 0 Å². The van der Waals surface area contributed by atoms with Gasteiger partial charge in [0.2, 0.25) is 5.95 Å². The third kappa shape index (κ3) is 4.24. The number of hydrogen-bond acceptors (Lipinski definition) is 4. The Labute approximate surface area is 147 Å². The van der Waals surface area contributed by atoms with Crippen LogP contribution in [0.1, 0.15) is 5.56 Å². The summed E-state index contributed by atoms with van der Waals surface area (Å²) in [6.45, 7) is 0.749. The molecule has 0 bridgehead atoms. The topological polar surface area (TPSA) is 41.1 Å². The maximum absolute atomic E-state index is 6.00. The van der Waals surface area contributed by atoms with Gasteiger partial charge in [0.1, 0.15) is 5.82 Å². The van der Waals surface area contributed by atoms with E-state index in [1.165, 1.54) is 5.56 Å². The van der Waals surface area contributed by atoms with Gasteiger partial charge in [-0.3, -0.25) is 0 Å². The van der Waals surface area contributed by atoms with Gasteiger partial charge in [-0.25, -0.2) is 4.98 Å². The lowest BCUT2D eigenvalue weighted by Crippen LogP contribution is -2.14. The van der Waals surface area contributed by atoms with Gasteiger partial charge in [-0.2, -0.15) is 4.98 Å². The molecule has 0 unspecified atom stereocenters. The number of halogens is 1. The summed E-state index contributed by atoms with van der Waals surface area (Å²) in [5.74, 6) is 1.47. The van der Waals surface area contributed by atoms with Crippen LogP contribution in [0.4, 0.5) is 17.5 Å². The maximum Gasteiger partial charge on any atom is 0.224 e. The Balaban J connectivity index is 1.63. The SMILES string of the molecule is CN(c1ccccc1)c1ccnc(NCCc2cccc(Cl)c2)n1. The molecule has 0 saturated heterocycles. The fraction of sp³-hybridized carbons (Fsp3) is 0.158. The van der Waals surface area contributed by atoms with Gasteiger partial charge in [0.05, 0.1) is 0 Å². The van der Waals surface area contributed by atoms with E-state index in [-0.39, 0.29) is 0 Å². The molecule has 1 heterocycles. The molecule has 24 heavy (non-hydrogen) atoms. The predicted octanol–water partition coefficient (Wildman–Crippen LogP) is 4.55. The molecule has 2 aromatic carbocycles. The molecular weight excluding hydrogens is 320 g/mol. The molecule has 0 radical (unpaired) electrons. The first-order valence-electron chi connectivity index (χ1n) is 7.82. The van der Waals surface area contributed by atoms with E-state index in [9.17, 15) is 0 Å². The number of aromatic nitrogens is 2. The van der Waals surface area contributed by atoms with E-state index < -0.39 is 0 Å². The van der Waals surface area contributed by atoms with E-state index in [1.807, 2.05) is 66.5 Å². The van der Waals surface area contributed by atoms with Crippen LogP contribution in [-0.2, 0) is 6.42 Å². The standard InChI is InChI=1S/C19H19ClN4/c1-24(17-8-3-2-4-9-17)18-11-13-22-19(23-18)21-12-10-15-6-5-7-16(20)14-15/h2-9,11,13-14H,10,12H2,1H3,(H,21,22,23). The summed E-state index contributed by atoms with van der Waals surface area (Å²) in [6, 6.07) is 19.9. The van der Waals surface area contributed by atoms with Crippen molar-refractivity contribution in [2.45, 2.75) is 6.42 Å². The van der Waals surface area contributed by atoms with E-state index in [0.29, 0.717) is 5.95 Å². The fourth-order valence-electron chi connectivity index (χ4n) is 2.42. The van der Waals surface area contributed by atoms with Crippen molar-refractivity contribution in [2.24, 2.45) is 0 Å². The molecule has 1 N–H and O–H groups in total. The van der Waals surface area contributed by atoms with E-state index in [2.05, 4.69) is 21.4 Å². The highest BCUT2D eigenvalue weighted by atomic mass is 35.5. The number of para-hydroxylation sites is 1. The Hall–Kier alpha value is -2.59. The number of nitrogens with zero attached hydrogens (tertiary/aromatic N) is 3. The average molecular weight is 339 g/mol. The van der Waals surface area contributed by atoms with Crippen molar-refractivity contribution in [1.29, 1.82) is 0 Å². The summed E-state index contributed by atoms with van der Waals surface area (Å²) in [7, 11) is 1.99. The Kier molecular flexibility index (Phi) is 5.29. The quantitative estimate of drug-likeness (QED) is 0.715.